The van der Waals surface area contributed by atoms with Gasteiger partial charge >= 0.3 is 0 Å². The maximum Gasteiger partial charge on any atom is 0.191 e. The lowest BCUT2D eigenvalue weighted by Crippen LogP contribution is -2.22. The van der Waals surface area contributed by atoms with E-state index < -0.39 is 0 Å². The molecule has 1 atom stereocenters. The van der Waals surface area contributed by atoms with Gasteiger partial charge in [0.15, 0.2) is 5.16 Å². The highest BCUT2D eigenvalue weighted by Gasteiger charge is 2.16. The zero-order valence-corrected chi connectivity index (χ0v) is 6.08. The van der Waals surface area contributed by atoms with Crippen molar-refractivity contribution in [3.05, 3.63) is 6.33 Å². The van der Waals surface area contributed by atoms with Crippen molar-refractivity contribution < 1.29 is 5.11 Å². The molecule has 1 aliphatic rings. The van der Waals surface area contributed by atoms with Crippen LogP contribution in [0.2, 0.25) is 0 Å². The Kier molecular flexibility index (Phi) is 1.39. The third-order valence-corrected chi connectivity index (χ3v) is 2.52. The SMILES string of the molecule is OC1CSc2nncn2C1. The molecule has 1 aromatic rings. The molecule has 0 aromatic carbocycles. The molecule has 0 spiro atoms. The number of hydrogen-bond donors (Lipinski definition) is 1. The van der Waals surface area contributed by atoms with E-state index in [4.69, 9.17) is 0 Å². The molecular weight excluding hydrogens is 150 g/mol. The van der Waals surface area contributed by atoms with E-state index in [2.05, 4.69) is 10.2 Å². The second kappa shape index (κ2) is 2.25. The molecule has 54 valence electrons. The zero-order valence-electron chi connectivity index (χ0n) is 5.27. The number of fused-ring (bicyclic) bond motifs is 1. The fourth-order valence-electron chi connectivity index (χ4n) is 0.932. The smallest absolute Gasteiger partial charge is 0.191 e. The van der Waals surface area contributed by atoms with Gasteiger partial charge in [-0.15, -0.1) is 10.2 Å². The largest absolute Gasteiger partial charge is 0.390 e. The molecule has 4 nitrogen and oxygen atoms in total. The molecule has 2 rings (SSSR count). The highest BCUT2D eigenvalue weighted by atomic mass is 32.2. The Morgan fingerprint density at radius 3 is 3.60 bits per heavy atom. The van der Waals surface area contributed by atoms with Crippen LogP contribution in [0.25, 0.3) is 0 Å². The van der Waals surface area contributed by atoms with Crippen LogP contribution in [0.3, 0.4) is 0 Å². The molecule has 0 aliphatic carbocycles. The summed E-state index contributed by atoms with van der Waals surface area (Å²) >= 11 is 1.54. The van der Waals surface area contributed by atoms with E-state index in [0.717, 1.165) is 10.9 Å². The average molecular weight is 157 g/mol. The van der Waals surface area contributed by atoms with E-state index in [-0.39, 0.29) is 6.10 Å². The number of aromatic nitrogens is 3. The van der Waals surface area contributed by atoms with Crippen LogP contribution in [-0.2, 0) is 6.54 Å². The average Bonchev–Trinajstić information content (AvgIpc) is 2.33. The summed E-state index contributed by atoms with van der Waals surface area (Å²) in [5, 5.41) is 17.7. The van der Waals surface area contributed by atoms with Gasteiger partial charge in [0.05, 0.1) is 12.6 Å². The topological polar surface area (TPSA) is 50.9 Å². The van der Waals surface area contributed by atoms with Crippen LogP contribution in [0.1, 0.15) is 0 Å². The van der Waals surface area contributed by atoms with E-state index in [1.807, 2.05) is 4.57 Å². The lowest BCUT2D eigenvalue weighted by atomic mass is 10.4. The van der Waals surface area contributed by atoms with Crippen LogP contribution in [0.4, 0.5) is 0 Å². The van der Waals surface area contributed by atoms with Crippen LogP contribution in [0, 0.1) is 0 Å². The van der Waals surface area contributed by atoms with Gasteiger partial charge in [-0.1, -0.05) is 11.8 Å². The van der Waals surface area contributed by atoms with Gasteiger partial charge in [-0.2, -0.15) is 0 Å². The molecular formula is C5H7N3OS. The predicted octanol–water partition coefficient (Wildman–Crippen LogP) is -0.255. The van der Waals surface area contributed by atoms with E-state index >= 15 is 0 Å². The van der Waals surface area contributed by atoms with E-state index in [9.17, 15) is 5.11 Å². The van der Waals surface area contributed by atoms with Gasteiger partial charge in [-0.3, -0.25) is 0 Å². The highest BCUT2D eigenvalue weighted by molar-refractivity contribution is 7.99. The lowest BCUT2D eigenvalue weighted by molar-refractivity contribution is 0.170. The number of rotatable bonds is 0. The van der Waals surface area contributed by atoms with Crippen molar-refractivity contribution in [2.24, 2.45) is 0 Å². The number of nitrogens with zero attached hydrogens (tertiary/aromatic N) is 3. The summed E-state index contributed by atoms with van der Waals surface area (Å²) < 4.78 is 1.86. The first-order chi connectivity index (χ1) is 4.86. The Morgan fingerprint density at radius 1 is 1.80 bits per heavy atom. The molecule has 0 radical (unpaired) electrons. The standard InChI is InChI=1S/C5H7N3OS/c9-4-1-8-3-6-7-5(8)10-2-4/h3-4,9H,1-2H2. The molecule has 0 fully saturated rings. The van der Waals surface area contributed by atoms with Gasteiger partial charge in [0.25, 0.3) is 0 Å². The minimum absolute atomic E-state index is 0.242. The summed E-state index contributed by atoms with van der Waals surface area (Å²) in [6, 6.07) is 0. The summed E-state index contributed by atoms with van der Waals surface area (Å²) in [5.74, 6) is 0.735. The van der Waals surface area contributed by atoms with E-state index in [0.29, 0.717) is 6.54 Å². The van der Waals surface area contributed by atoms with Crippen molar-refractivity contribution in [1.29, 1.82) is 0 Å². The third-order valence-electron chi connectivity index (χ3n) is 1.39. The van der Waals surface area contributed by atoms with Crippen molar-refractivity contribution in [1.82, 2.24) is 14.8 Å². The van der Waals surface area contributed by atoms with Gasteiger partial charge in [-0.25, -0.2) is 0 Å². The molecule has 0 amide bonds. The van der Waals surface area contributed by atoms with Gasteiger partial charge in [0.1, 0.15) is 6.33 Å². The molecule has 0 saturated heterocycles. The van der Waals surface area contributed by atoms with Crippen molar-refractivity contribution in [2.75, 3.05) is 5.75 Å². The van der Waals surface area contributed by atoms with Gasteiger partial charge in [0.2, 0.25) is 0 Å². The van der Waals surface area contributed by atoms with Crippen molar-refractivity contribution in [3.63, 3.8) is 0 Å². The van der Waals surface area contributed by atoms with E-state index in [1.165, 1.54) is 0 Å². The summed E-state index contributed by atoms with van der Waals surface area (Å²) in [6.07, 6.45) is 1.40. The molecule has 0 saturated carbocycles. The van der Waals surface area contributed by atoms with Gasteiger partial charge in [0, 0.05) is 5.75 Å². The molecule has 0 bridgehead atoms. The normalized spacial score (nSPS) is 24.3. The van der Waals surface area contributed by atoms with Crippen LogP contribution in [-0.4, -0.2) is 31.7 Å². The Bertz CT molecular complexity index is 237. The van der Waals surface area contributed by atoms with Crippen LogP contribution < -0.4 is 0 Å². The second-order valence-corrected chi connectivity index (χ2v) is 3.22. The first-order valence-electron chi connectivity index (χ1n) is 3.05. The first kappa shape index (κ1) is 6.18. The van der Waals surface area contributed by atoms with Crippen LogP contribution >= 0.6 is 11.8 Å². The summed E-state index contributed by atoms with van der Waals surface area (Å²) in [7, 11) is 0. The minimum Gasteiger partial charge on any atom is -0.390 e. The molecule has 1 aromatic heterocycles. The molecule has 5 heteroatoms. The van der Waals surface area contributed by atoms with Crippen LogP contribution in [0.5, 0.6) is 0 Å². The van der Waals surface area contributed by atoms with E-state index in [1.54, 1.807) is 18.1 Å². The number of aliphatic hydroxyl groups is 1. The van der Waals surface area contributed by atoms with Crippen molar-refractivity contribution in [3.8, 4) is 0 Å². The fraction of sp³-hybridized carbons (Fsp3) is 0.600. The molecule has 1 N–H and O–H groups in total. The molecule has 1 unspecified atom stereocenters. The summed E-state index contributed by atoms with van der Waals surface area (Å²) in [6.45, 7) is 0.634. The lowest BCUT2D eigenvalue weighted by Gasteiger charge is -2.16. The number of hydrogen-bond acceptors (Lipinski definition) is 4. The molecule has 2 heterocycles. The summed E-state index contributed by atoms with van der Waals surface area (Å²) in [4.78, 5) is 0. The quantitative estimate of drug-likeness (QED) is 0.564. The maximum atomic E-state index is 9.18. The number of aliphatic hydroxyl groups excluding tert-OH is 1. The monoisotopic (exact) mass is 157 g/mol. The molecule has 10 heavy (non-hydrogen) atoms. The zero-order chi connectivity index (χ0) is 6.97. The molecule has 1 aliphatic heterocycles. The Balaban J connectivity index is 2.30. The maximum absolute atomic E-state index is 9.18. The van der Waals surface area contributed by atoms with Crippen molar-refractivity contribution >= 4 is 11.8 Å². The first-order valence-corrected chi connectivity index (χ1v) is 4.03. The Hall–Kier alpha value is -0.550. The highest BCUT2D eigenvalue weighted by Crippen LogP contribution is 2.21. The Labute approximate surface area is 62.3 Å². The number of thioether (sulfide) groups is 1. The van der Waals surface area contributed by atoms with Gasteiger partial charge in [-0.05, 0) is 0 Å². The summed E-state index contributed by atoms with van der Waals surface area (Å²) in [5.41, 5.74) is 0. The second-order valence-electron chi connectivity index (χ2n) is 2.23. The fourth-order valence-corrected chi connectivity index (χ4v) is 1.77. The predicted molar refractivity (Wildman–Crippen MR) is 36.8 cm³/mol. The minimum atomic E-state index is -0.242. The van der Waals surface area contributed by atoms with Gasteiger partial charge < -0.3 is 9.67 Å². The van der Waals surface area contributed by atoms with Crippen molar-refractivity contribution in [2.45, 2.75) is 17.8 Å². The Morgan fingerprint density at radius 2 is 2.70 bits per heavy atom. The van der Waals surface area contributed by atoms with Crippen LogP contribution in [0.15, 0.2) is 11.5 Å². The third kappa shape index (κ3) is 0.911.